The van der Waals surface area contributed by atoms with Crippen LogP contribution in [0.4, 0.5) is 0 Å². The molecule has 55 heavy (non-hydrogen) atoms. The Morgan fingerprint density at radius 3 is 1.07 bits per heavy atom. The first-order valence-corrected chi connectivity index (χ1v) is 17.6. The Morgan fingerprint density at radius 2 is 0.782 bits per heavy atom. The molecule has 0 amide bonds. The summed E-state index contributed by atoms with van der Waals surface area (Å²) in [6, 6.07) is 27.8. The molecule has 270 valence electrons. The quantitative estimate of drug-likeness (QED) is 0.192. The van der Waals surface area contributed by atoms with Crippen LogP contribution < -0.4 is 0 Å². The maximum Gasteiger partial charge on any atom is 2.00 e. The van der Waals surface area contributed by atoms with Crippen molar-refractivity contribution in [3.05, 3.63) is 146 Å². The molecular formula is C38H28FeN14Se2. The average Bonchev–Trinajstić information content (AvgIpc) is 3.87. The van der Waals surface area contributed by atoms with Crippen molar-refractivity contribution in [3.8, 4) is 67.4 Å². The van der Waals surface area contributed by atoms with Crippen LogP contribution in [0.15, 0.2) is 135 Å². The first-order valence-electron chi connectivity index (χ1n) is 15.9. The number of nitrogens with zero attached hydrogens (tertiary/aromatic N) is 14. The van der Waals surface area contributed by atoms with Crippen molar-refractivity contribution >= 4 is 32.0 Å². The molecule has 0 spiro atoms. The summed E-state index contributed by atoms with van der Waals surface area (Å²) in [7, 11) is 0. The Morgan fingerprint density at radius 1 is 0.455 bits per heavy atom. The van der Waals surface area contributed by atoms with Gasteiger partial charge in [0.2, 0.25) is 0 Å². The van der Waals surface area contributed by atoms with Crippen LogP contribution >= 0.6 is 0 Å². The van der Waals surface area contributed by atoms with Gasteiger partial charge in [-0.2, -0.15) is 0 Å². The van der Waals surface area contributed by atoms with Crippen LogP contribution in [-0.2, 0) is 17.1 Å². The average molecular weight is 895 g/mol. The van der Waals surface area contributed by atoms with Gasteiger partial charge in [0.05, 0.1) is 12.4 Å². The molecular weight excluding hydrogens is 866 g/mol. The largest absolute Gasteiger partial charge is 2.00 e. The molecule has 0 saturated heterocycles. The van der Waals surface area contributed by atoms with Gasteiger partial charge in [0, 0.05) is 48.6 Å². The molecule has 0 bridgehead atoms. The van der Waals surface area contributed by atoms with E-state index in [4.69, 9.17) is 10.5 Å². The second-order valence-corrected chi connectivity index (χ2v) is 11.6. The molecule has 0 atom stereocenters. The Balaban J connectivity index is 0.000000211. The number of pyridine rings is 2. The summed E-state index contributed by atoms with van der Waals surface area (Å²) in [5, 5.41) is 31.9. The van der Waals surface area contributed by atoms with E-state index >= 15 is 0 Å². The van der Waals surface area contributed by atoms with E-state index in [1.54, 1.807) is 59.5 Å². The van der Waals surface area contributed by atoms with Crippen molar-refractivity contribution in [2.75, 3.05) is 0 Å². The predicted molar refractivity (Wildman–Crippen MR) is 203 cm³/mol. The van der Waals surface area contributed by atoms with Gasteiger partial charge in [0.25, 0.3) is 0 Å². The fourth-order valence-electron chi connectivity index (χ4n) is 4.93. The molecule has 0 saturated carbocycles. The number of aryl methyl sites for hydroxylation is 2. The maximum atomic E-state index is 7.26. The minimum atomic E-state index is 0. The Bertz CT molecular complexity index is 2150. The van der Waals surface area contributed by atoms with Crippen LogP contribution in [-0.4, -0.2) is 91.5 Å². The van der Waals surface area contributed by atoms with Gasteiger partial charge in [-0.05, 0) is 62.4 Å². The monoisotopic (exact) mass is 896 g/mol. The van der Waals surface area contributed by atoms with Crippen LogP contribution in [0, 0.1) is 34.3 Å². The Kier molecular flexibility index (Phi) is 16.2. The van der Waals surface area contributed by atoms with E-state index in [9.17, 15) is 0 Å². The molecule has 0 aliphatic heterocycles. The number of aromatic nitrogens is 12. The topological polar surface area (TPSA) is 186 Å². The normalized spacial score (nSPS) is 9.60. The third-order valence-electron chi connectivity index (χ3n) is 7.28. The third-order valence-corrected chi connectivity index (χ3v) is 7.28. The summed E-state index contributed by atoms with van der Waals surface area (Å²) in [6.07, 6.45) is 13.4. The van der Waals surface area contributed by atoms with Gasteiger partial charge in [0.1, 0.15) is 22.8 Å². The molecule has 8 aromatic rings. The molecule has 2 aromatic carbocycles. The minimum absolute atomic E-state index is 0. The second kappa shape index (κ2) is 21.4. The Hall–Kier alpha value is -6.28. The molecule has 0 unspecified atom stereocenters. The van der Waals surface area contributed by atoms with E-state index in [0.29, 0.717) is 34.7 Å². The zero-order valence-corrected chi connectivity index (χ0v) is 33.7. The number of hydrogen-bond acceptors (Lipinski definition) is 12. The number of rotatable bonds is 6. The molecule has 17 heteroatoms. The van der Waals surface area contributed by atoms with Gasteiger partial charge in [-0.25, -0.2) is 9.97 Å². The molecule has 6 aromatic heterocycles. The van der Waals surface area contributed by atoms with Gasteiger partial charge >= 0.3 is 69.6 Å². The van der Waals surface area contributed by atoms with Gasteiger partial charge < -0.3 is 0 Å². The second-order valence-electron chi connectivity index (χ2n) is 10.8. The first kappa shape index (κ1) is 41.5. The molecule has 0 aliphatic rings. The number of hydrogen-bond donors (Lipinski definition) is 0. The first-order chi connectivity index (χ1) is 26.5. The van der Waals surface area contributed by atoms with Crippen molar-refractivity contribution in [2.24, 2.45) is 0 Å². The van der Waals surface area contributed by atoms with Crippen LogP contribution in [0.5, 0.6) is 0 Å². The molecule has 0 radical (unpaired) electrons. The van der Waals surface area contributed by atoms with E-state index in [-0.39, 0.29) is 17.1 Å². The summed E-state index contributed by atoms with van der Waals surface area (Å²) in [5.74, 6) is 2.60. The smallest absolute Gasteiger partial charge is 2.00 e. The fraction of sp³-hybridized carbons (Fsp3) is 0.0526. The van der Waals surface area contributed by atoms with Gasteiger partial charge in [0.15, 0.2) is 23.3 Å². The summed E-state index contributed by atoms with van der Waals surface area (Å²) < 4.78 is 3.90. The predicted octanol–water partition coefficient (Wildman–Crippen LogP) is 5.46. The van der Waals surface area contributed by atoms with Crippen molar-refractivity contribution in [3.63, 3.8) is 0 Å². The van der Waals surface area contributed by atoms with Crippen molar-refractivity contribution in [2.45, 2.75) is 13.8 Å². The van der Waals surface area contributed by atoms with Crippen LogP contribution in [0.2, 0.25) is 0 Å². The molecule has 0 aliphatic carbocycles. The van der Waals surface area contributed by atoms with Crippen LogP contribution in [0.1, 0.15) is 11.1 Å². The van der Waals surface area contributed by atoms with Gasteiger partial charge in [-0.15, -0.1) is 20.4 Å². The molecule has 6 heterocycles. The zero-order chi connectivity index (χ0) is 38.1. The summed E-state index contributed by atoms with van der Waals surface area (Å²) in [5.41, 5.74) is 7.10. The SMILES string of the molecule is Cc1ccc(-n2c(-c3ccccn3)nnc2-c2cnccn2)cc1.Cc1ccc(-n2c(-c3ccccn3)nnc2-c2cnccn2)cc1.N#C[Se-].N#C[Se-].[Fe+2]. The Labute approximate surface area is 344 Å². The third kappa shape index (κ3) is 10.9. The molecule has 0 N–H and O–H groups in total. The van der Waals surface area contributed by atoms with Gasteiger partial charge in [-0.3, -0.25) is 29.1 Å². The minimum Gasteiger partial charge on any atom is 2.00 e. The molecule has 8 rings (SSSR count). The summed E-state index contributed by atoms with van der Waals surface area (Å²) in [4.78, 5) is 29.0. The molecule has 0 fully saturated rings. The number of nitriles is 2. The van der Waals surface area contributed by atoms with E-state index in [1.807, 2.05) is 69.8 Å². The fourth-order valence-corrected chi connectivity index (χ4v) is 4.93. The molecule has 14 nitrogen and oxygen atoms in total. The van der Waals surface area contributed by atoms with E-state index in [1.165, 1.54) is 11.1 Å². The summed E-state index contributed by atoms with van der Waals surface area (Å²) in [6.45, 7) is 4.11. The van der Waals surface area contributed by atoms with Crippen molar-refractivity contribution < 1.29 is 17.1 Å². The van der Waals surface area contributed by atoms with E-state index < -0.39 is 0 Å². The van der Waals surface area contributed by atoms with E-state index in [0.717, 1.165) is 22.8 Å². The van der Waals surface area contributed by atoms with E-state index in [2.05, 4.69) is 120 Å². The standard InChI is InChI=1S/2C18H14N6.2CHNSe.Fe/c2*1-13-5-7-14(8-6-13)24-17(15-4-2-3-9-20-15)22-23-18(24)16-12-19-10-11-21-16;2*2-1-3;/h2*2-12H,1H3;2*3H;/q;;;;+2/p-2. The summed E-state index contributed by atoms with van der Waals surface area (Å²) >= 11 is 4.22. The van der Waals surface area contributed by atoms with Crippen molar-refractivity contribution in [1.29, 1.82) is 10.5 Å². The zero-order valence-electron chi connectivity index (χ0n) is 29.1. The maximum absolute atomic E-state index is 7.26. The van der Waals surface area contributed by atoms with Crippen LogP contribution in [0.25, 0.3) is 57.4 Å². The number of benzene rings is 2. The van der Waals surface area contributed by atoms with Crippen molar-refractivity contribution in [1.82, 2.24) is 59.4 Å². The van der Waals surface area contributed by atoms with Crippen LogP contribution in [0.3, 0.4) is 0 Å². The van der Waals surface area contributed by atoms with Gasteiger partial charge in [-0.1, -0.05) is 47.5 Å².